The molecule has 0 spiro atoms. The molecule has 1 aliphatic heterocycles. The zero-order valence-electron chi connectivity index (χ0n) is 12.9. The Kier molecular flexibility index (Phi) is 2.51. The molecule has 5 nitrogen and oxygen atoms in total. The van der Waals surface area contributed by atoms with Crippen LogP contribution in [-0.2, 0) is 7.05 Å². The van der Waals surface area contributed by atoms with E-state index in [1.807, 2.05) is 60.1 Å². The highest BCUT2D eigenvalue weighted by atomic mass is 16.4. The molecule has 0 saturated heterocycles. The Morgan fingerprint density at radius 3 is 2.75 bits per heavy atom. The normalized spacial score (nSPS) is 11.7. The molecule has 0 unspecified atom stereocenters. The lowest BCUT2D eigenvalue weighted by Crippen LogP contribution is -2.20. The zero-order chi connectivity index (χ0) is 16.3. The van der Waals surface area contributed by atoms with Gasteiger partial charge in [-0.2, -0.15) is 9.78 Å². The number of nitrogens with zero attached hydrogens (tertiary/aromatic N) is 3. The molecular weight excluding hydrogens is 302 g/mol. The summed E-state index contributed by atoms with van der Waals surface area (Å²) in [5.41, 5.74) is 2.64. The van der Waals surface area contributed by atoms with Gasteiger partial charge in [-0.05, 0) is 18.2 Å². The molecule has 0 bridgehead atoms. The topological polar surface area (TPSA) is 53.0 Å². The highest BCUT2D eigenvalue weighted by Gasteiger charge is 2.16. The van der Waals surface area contributed by atoms with E-state index in [1.165, 1.54) is 4.68 Å². The van der Waals surface area contributed by atoms with Gasteiger partial charge in [0.15, 0.2) is 0 Å². The maximum Gasteiger partial charge on any atom is 0.284 e. The third-order valence-corrected chi connectivity index (χ3v) is 4.49. The van der Waals surface area contributed by atoms with Crippen LogP contribution in [0, 0.1) is 0 Å². The van der Waals surface area contributed by atoms with Gasteiger partial charge in [0.25, 0.3) is 5.56 Å². The second-order valence-corrected chi connectivity index (χ2v) is 5.82. The number of hydrogen-bond donors (Lipinski definition) is 0. The average Bonchev–Trinajstić information content (AvgIpc) is 3.19. The van der Waals surface area contributed by atoms with Crippen molar-refractivity contribution >= 4 is 21.8 Å². The van der Waals surface area contributed by atoms with Crippen LogP contribution in [0.25, 0.3) is 39.0 Å². The van der Waals surface area contributed by atoms with E-state index in [0.717, 1.165) is 27.7 Å². The number of hydrogen-bond acceptors (Lipinski definition) is 3. The summed E-state index contributed by atoms with van der Waals surface area (Å²) in [6.45, 7) is 0. The molecule has 1 aliphatic carbocycles. The summed E-state index contributed by atoms with van der Waals surface area (Å²) in [5, 5.41) is 5.89. The van der Waals surface area contributed by atoms with Crippen molar-refractivity contribution in [2.75, 3.05) is 0 Å². The van der Waals surface area contributed by atoms with Crippen molar-refractivity contribution in [1.29, 1.82) is 0 Å². The Morgan fingerprint density at radius 2 is 1.83 bits per heavy atom. The summed E-state index contributed by atoms with van der Waals surface area (Å²) in [5.74, 6) is 1.15. The molecule has 0 N–H and O–H groups in total. The van der Waals surface area contributed by atoms with Gasteiger partial charge < -0.3 is 8.98 Å². The van der Waals surface area contributed by atoms with E-state index in [4.69, 9.17) is 4.42 Å². The minimum absolute atomic E-state index is 0.182. The molecule has 3 aromatic rings. The van der Waals surface area contributed by atoms with Crippen LogP contribution in [0.15, 0.2) is 70.0 Å². The van der Waals surface area contributed by atoms with Crippen molar-refractivity contribution in [3.63, 3.8) is 0 Å². The van der Waals surface area contributed by atoms with Crippen LogP contribution in [0.4, 0.5) is 0 Å². The molecule has 5 heteroatoms. The van der Waals surface area contributed by atoms with Crippen molar-refractivity contribution in [2.45, 2.75) is 0 Å². The third kappa shape index (κ3) is 1.64. The first-order valence-corrected chi connectivity index (χ1v) is 7.68. The molecule has 0 fully saturated rings. The van der Waals surface area contributed by atoms with E-state index in [0.29, 0.717) is 11.3 Å². The first kappa shape index (κ1) is 13.1. The molecular formula is C19H13N3O2. The fraction of sp³-hybridized carbons (Fsp3) is 0.0526. The molecule has 0 amide bonds. The predicted octanol–water partition coefficient (Wildman–Crippen LogP) is 3.58. The standard InChI is InChI=1S/C19H13N3O2/c1-21-14-7-3-2-6-13(14)18-15(21)11-20-22(19(18)23)17-10-9-12-5-4-8-16(12)24-17/h2-11H,1H3. The number of aromatic nitrogens is 3. The lowest BCUT2D eigenvalue weighted by molar-refractivity contribution is 0.512. The Balaban J connectivity index is 1.88. The Hall–Kier alpha value is -3.34. The van der Waals surface area contributed by atoms with Gasteiger partial charge >= 0.3 is 0 Å². The number of aryl methyl sites for hydroxylation is 1. The molecule has 1 aromatic carbocycles. The Morgan fingerprint density at radius 1 is 0.958 bits per heavy atom. The van der Waals surface area contributed by atoms with Gasteiger partial charge in [0, 0.05) is 29.6 Å². The maximum atomic E-state index is 13.1. The number of fused-ring (bicyclic) bond motifs is 4. The molecule has 116 valence electrons. The second-order valence-electron chi connectivity index (χ2n) is 5.82. The summed E-state index contributed by atoms with van der Waals surface area (Å²) in [6, 6.07) is 17.3. The summed E-state index contributed by atoms with van der Waals surface area (Å²) in [6.07, 6.45) is 1.71. The van der Waals surface area contributed by atoms with E-state index >= 15 is 0 Å². The first-order valence-electron chi connectivity index (χ1n) is 7.68. The quantitative estimate of drug-likeness (QED) is 0.475. The second kappa shape index (κ2) is 4.58. The van der Waals surface area contributed by atoms with Crippen LogP contribution in [0.2, 0.25) is 0 Å². The van der Waals surface area contributed by atoms with Crippen LogP contribution in [0.1, 0.15) is 0 Å². The summed E-state index contributed by atoms with van der Waals surface area (Å²) in [7, 11) is 1.94. The minimum Gasteiger partial charge on any atom is -0.438 e. The predicted molar refractivity (Wildman–Crippen MR) is 92.7 cm³/mol. The van der Waals surface area contributed by atoms with Crippen molar-refractivity contribution in [3.8, 4) is 17.2 Å². The average molecular weight is 315 g/mol. The Bertz CT molecular complexity index is 1240. The van der Waals surface area contributed by atoms with Crippen molar-refractivity contribution in [2.24, 2.45) is 7.05 Å². The summed E-state index contributed by atoms with van der Waals surface area (Å²) in [4.78, 5) is 13.1. The van der Waals surface area contributed by atoms with Gasteiger partial charge in [0.05, 0.1) is 17.1 Å². The van der Waals surface area contributed by atoms with Crippen molar-refractivity contribution < 1.29 is 4.42 Å². The van der Waals surface area contributed by atoms with Gasteiger partial charge in [-0.3, -0.25) is 4.79 Å². The van der Waals surface area contributed by atoms with Gasteiger partial charge in [0.1, 0.15) is 5.76 Å². The lowest BCUT2D eigenvalue weighted by atomic mass is 10.2. The van der Waals surface area contributed by atoms with E-state index < -0.39 is 0 Å². The summed E-state index contributed by atoms with van der Waals surface area (Å²) >= 11 is 0. The lowest BCUT2D eigenvalue weighted by Gasteiger charge is -2.06. The third-order valence-electron chi connectivity index (χ3n) is 4.49. The fourth-order valence-corrected chi connectivity index (χ4v) is 3.29. The Labute approximate surface area is 136 Å². The molecule has 0 atom stereocenters. The monoisotopic (exact) mass is 315 g/mol. The van der Waals surface area contributed by atoms with E-state index in [9.17, 15) is 4.79 Å². The van der Waals surface area contributed by atoms with Gasteiger partial charge in [-0.15, -0.1) is 0 Å². The highest BCUT2D eigenvalue weighted by molar-refractivity contribution is 6.07. The molecule has 2 aliphatic rings. The van der Waals surface area contributed by atoms with Gasteiger partial charge in [-0.25, -0.2) is 0 Å². The smallest absolute Gasteiger partial charge is 0.284 e. The maximum absolute atomic E-state index is 13.1. The number of benzene rings is 1. The van der Waals surface area contributed by atoms with Gasteiger partial charge in [0.2, 0.25) is 5.88 Å². The van der Waals surface area contributed by atoms with Crippen LogP contribution in [0.5, 0.6) is 0 Å². The summed E-state index contributed by atoms with van der Waals surface area (Å²) < 4.78 is 9.14. The highest BCUT2D eigenvalue weighted by Crippen LogP contribution is 2.27. The van der Waals surface area contributed by atoms with Crippen molar-refractivity contribution in [1.82, 2.24) is 14.3 Å². The molecule has 5 rings (SSSR count). The fourth-order valence-electron chi connectivity index (χ4n) is 3.29. The van der Waals surface area contributed by atoms with E-state index in [2.05, 4.69) is 5.10 Å². The molecule has 24 heavy (non-hydrogen) atoms. The van der Waals surface area contributed by atoms with E-state index in [1.54, 1.807) is 12.3 Å². The van der Waals surface area contributed by atoms with E-state index in [-0.39, 0.29) is 5.56 Å². The largest absolute Gasteiger partial charge is 0.438 e. The number of para-hydroxylation sites is 1. The van der Waals surface area contributed by atoms with Crippen LogP contribution >= 0.6 is 0 Å². The zero-order valence-corrected chi connectivity index (χ0v) is 12.9. The van der Waals surface area contributed by atoms with Crippen LogP contribution in [-0.4, -0.2) is 14.3 Å². The number of rotatable bonds is 1. The molecule has 3 heterocycles. The first-order chi connectivity index (χ1) is 11.7. The SMILES string of the molecule is Cn1c2ccccc2c2c(=O)n(-c3ccc4cccc-4o3)ncc21. The molecule has 0 radical (unpaired) electrons. The van der Waals surface area contributed by atoms with Crippen LogP contribution in [0.3, 0.4) is 0 Å². The van der Waals surface area contributed by atoms with Crippen LogP contribution < -0.4 is 5.56 Å². The minimum atomic E-state index is -0.182. The molecule has 2 aromatic heterocycles. The molecule has 0 saturated carbocycles. The van der Waals surface area contributed by atoms with Crippen molar-refractivity contribution in [3.05, 3.63) is 71.1 Å². The van der Waals surface area contributed by atoms with Gasteiger partial charge in [-0.1, -0.05) is 30.3 Å².